The van der Waals surface area contributed by atoms with Gasteiger partial charge in [0.2, 0.25) is 10.0 Å². The number of piperidine rings is 1. The number of amides is 1. The van der Waals surface area contributed by atoms with E-state index in [4.69, 9.17) is 0 Å². The van der Waals surface area contributed by atoms with Crippen molar-refractivity contribution in [2.24, 2.45) is 0 Å². The molecule has 1 saturated heterocycles. The Balaban J connectivity index is 1.83. The molecule has 0 spiro atoms. The molecule has 0 atom stereocenters. The van der Waals surface area contributed by atoms with Crippen molar-refractivity contribution < 1.29 is 22.7 Å². The molecular weight excluding hydrogens is 400 g/mol. The molecule has 7 nitrogen and oxygen atoms in total. The Labute approximate surface area is 168 Å². The topological polar surface area (TPSA) is 92.8 Å². The van der Waals surface area contributed by atoms with Gasteiger partial charge >= 0.3 is 5.97 Å². The smallest absolute Gasteiger partial charge is 0.348 e. The number of aryl methyl sites for hydroxylation is 1. The normalized spacial score (nSPS) is 15.2. The molecule has 0 radical (unpaired) electrons. The minimum atomic E-state index is -3.62. The van der Waals surface area contributed by atoms with Gasteiger partial charge in [-0.2, -0.15) is 4.31 Å². The third kappa shape index (κ3) is 4.26. The van der Waals surface area contributed by atoms with Crippen LogP contribution in [-0.2, 0) is 14.8 Å². The maximum Gasteiger partial charge on any atom is 0.348 e. The second-order valence-electron chi connectivity index (χ2n) is 6.55. The van der Waals surface area contributed by atoms with Crippen molar-refractivity contribution in [1.82, 2.24) is 4.31 Å². The maximum absolute atomic E-state index is 12.9. The summed E-state index contributed by atoms with van der Waals surface area (Å²) in [6, 6.07) is 7.77. The van der Waals surface area contributed by atoms with E-state index >= 15 is 0 Å². The van der Waals surface area contributed by atoms with E-state index in [0.717, 1.165) is 30.6 Å². The Hall–Kier alpha value is -2.23. The molecule has 0 unspecified atom stereocenters. The molecule has 0 saturated carbocycles. The number of sulfonamides is 1. The van der Waals surface area contributed by atoms with Crippen molar-refractivity contribution >= 4 is 38.2 Å². The maximum atomic E-state index is 12.9. The lowest BCUT2D eigenvalue weighted by Gasteiger charge is -2.26. The summed E-state index contributed by atoms with van der Waals surface area (Å²) >= 11 is 1.09. The number of esters is 1. The molecule has 1 fully saturated rings. The van der Waals surface area contributed by atoms with Crippen LogP contribution in [0.1, 0.15) is 44.9 Å². The van der Waals surface area contributed by atoms with Gasteiger partial charge in [-0.3, -0.25) is 4.79 Å². The number of hydrogen-bond donors (Lipinski definition) is 1. The summed E-state index contributed by atoms with van der Waals surface area (Å²) in [6.45, 7) is 2.76. The molecule has 2 aromatic rings. The van der Waals surface area contributed by atoms with E-state index in [9.17, 15) is 18.0 Å². The number of hydrogen-bond acceptors (Lipinski definition) is 6. The number of thiophene rings is 1. The summed E-state index contributed by atoms with van der Waals surface area (Å²) in [5, 5.41) is 3.20. The number of nitrogens with zero attached hydrogens (tertiary/aromatic N) is 1. The average Bonchev–Trinajstić information content (AvgIpc) is 3.16. The second kappa shape index (κ2) is 8.42. The molecule has 1 aliphatic rings. The van der Waals surface area contributed by atoms with Crippen molar-refractivity contribution in [2.75, 3.05) is 25.5 Å². The van der Waals surface area contributed by atoms with Gasteiger partial charge in [-0.15, -0.1) is 11.3 Å². The molecule has 2 heterocycles. The largest absolute Gasteiger partial charge is 0.465 e. The average molecular weight is 423 g/mol. The summed E-state index contributed by atoms with van der Waals surface area (Å²) in [7, 11) is -2.33. The number of methoxy groups -OCH3 is 1. The SMILES string of the molecule is COC(=O)c1ccc(NC(=O)c2cc(S(=O)(=O)N3CCCCC3)ccc2C)s1. The molecule has 1 aliphatic heterocycles. The first-order valence-corrected chi connectivity index (χ1v) is 11.2. The van der Waals surface area contributed by atoms with Crippen molar-refractivity contribution in [2.45, 2.75) is 31.1 Å². The van der Waals surface area contributed by atoms with Gasteiger partial charge in [-0.05, 0) is 49.6 Å². The van der Waals surface area contributed by atoms with E-state index in [1.807, 2.05) is 0 Å². The molecule has 9 heteroatoms. The van der Waals surface area contributed by atoms with Crippen LogP contribution in [0.25, 0.3) is 0 Å². The van der Waals surface area contributed by atoms with Crippen LogP contribution in [0.2, 0.25) is 0 Å². The van der Waals surface area contributed by atoms with Crippen LogP contribution in [0.3, 0.4) is 0 Å². The number of rotatable bonds is 5. The number of carbonyl (C=O) groups excluding carboxylic acids is 2. The Bertz CT molecular complexity index is 992. The Morgan fingerprint density at radius 3 is 2.50 bits per heavy atom. The van der Waals surface area contributed by atoms with Gasteiger partial charge in [-0.1, -0.05) is 12.5 Å². The number of anilines is 1. The van der Waals surface area contributed by atoms with Crippen LogP contribution in [-0.4, -0.2) is 44.8 Å². The highest BCUT2D eigenvalue weighted by atomic mass is 32.2. The van der Waals surface area contributed by atoms with E-state index < -0.39 is 21.9 Å². The first kappa shape index (κ1) is 20.5. The van der Waals surface area contributed by atoms with Gasteiger partial charge in [0.1, 0.15) is 4.88 Å². The molecule has 1 aromatic carbocycles. The second-order valence-corrected chi connectivity index (χ2v) is 9.57. The highest BCUT2D eigenvalue weighted by Gasteiger charge is 2.27. The predicted octanol–water partition coefficient (Wildman–Crippen LogP) is 3.27. The number of benzene rings is 1. The molecule has 0 bridgehead atoms. The standard InChI is InChI=1S/C19H22N2O5S2/c1-13-6-7-14(28(24,25)21-10-4-3-5-11-21)12-15(13)18(22)20-17-9-8-16(27-17)19(23)26-2/h6-9,12H,3-5,10-11H2,1-2H3,(H,20,22). The fourth-order valence-electron chi connectivity index (χ4n) is 3.06. The molecule has 28 heavy (non-hydrogen) atoms. The van der Waals surface area contributed by atoms with Crippen molar-refractivity contribution in [3.05, 3.63) is 46.3 Å². The van der Waals surface area contributed by atoms with Crippen LogP contribution >= 0.6 is 11.3 Å². The highest BCUT2D eigenvalue weighted by molar-refractivity contribution is 7.89. The zero-order valence-electron chi connectivity index (χ0n) is 15.7. The fraction of sp³-hybridized carbons (Fsp3) is 0.368. The lowest BCUT2D eigenvalue weighted by Crippen LogP contribution is -2.35. The summed E-state index contributed by atoms with van der Waals surface area (Å²) in [5.74, 6) is -0.900. The fourth-order valence-corrected chi connectivity index (χ4v) is 5.42. The first-order chi connectivity index (χ1) is 13.3. The number of ether oxygens (including phenoxy) is 1. The zero-order chi connectivity index (χ0) is 20.3. The minimum absolute atomic E-state index is 0.117. The molecule has 1 N–H and O–H groups in total. The third-order valence-corrected chi connectivity index (χ3v) is 7.51. The summed E-state index contributed by atoms with van der Waals surface area (Å²) in [6.07, 6.45) is 2.72. The van der Waals surface area contributed by atoms with Gasteiger partial charge < -0.3 is 10.1 Å². The molecular formula is C19H22N2O5S2. The predicted molar refractivity (Wildman–Crippen MR) is 107 cm³/mol. The summed E-state index contributed by atoms with van der Waals surface area (Å²) in [4.78, 5) is 24.7. The molecule has 1 aromatic heterocycles. The van der Waals surface area contributed by atoms with Gasteiger partial charge in [0, 0.05) is 18.7 Å². The van der Waals surface area contributed by atoms with Crippen LogP contribution in [0.15, 0.2) is 35.2 Å². The van der Waals surface area contributed by atoms with E-state index in [-0.39, 0.29) is 10.5 Å². The van der Waals surface area contributed by atoms with Crippen molar-refractivity contribution in [3.8, 4) is 0 Å². The van der Waals surface area contributed by atoms with E-state index in [2.05, 4.69) is 10.1 Å². The monoisotopic (exact) mass is 422 g/mol. The summed E-state index contributed by atoms with van der Waals surface area (Å²) < 4.78 is 31.9. The van der Waals surface area contributed by atoms with Crippen LogP contribution in [0, 0.1) is 6.92 Å². The van der Waals surface area contributed by atoms with E-state index in [0.29, 0.717) is 28.5 Å². The first-order valence-electron chi connectivity index (χ1n) is 8.93. The quantitative estimate of drug-likeness (QED) is 0.747. The van der Waals surface area contributed by atoms with E-state index in [1.165, 1.54) is 23.5 Å². The van der Waals surface area contributed by atoms with Crippen LogP contribution < -0.4 is 5.32 Å². The zero-order valence-corrected chi connectivity index (χ0v) is 17.4. The van der Waals surface area contributed by atoms with Gasteiger partial charge in [0.25, 0.3) is 5.91 Å². The lowest BCUT2D eigenvalue weighted by molar-refractivity contribution is 0.0606. The molecule has 1 amide bonds. The minimum Gasteiger partial charge on any atom is -0.465 e. The number of nitrogens with one attached hydrogen (secondary N) is 1. The van der Waals surface area contributed by atoms with E-state index in [1.54, 1.807) is 25.1 Å². The molecule has 0 aliphatic carbocycles. The van der Waals surface area contributed by atoms with Gasteiger partial charge in [-0.25, -0.2) is 13.2 Å². The Morgan fingerprint density at radius 1 is 1.11 bits per heavy atom. The Kier molecular flexibility index (Phi) is 6.17. The Morgan fingerprint density at radius 2 is 1.82 bits per heavy atom. The highest BCUT2D eigenvalue weighted by Crippen LogP contribution is 2.26. The molecule has 150 valence electrons. The third-order valence-electron chi connectivity index (χ3n) is 4.64. The molecule has 3 rings (SSSR count). The van der Waals surface area contributed by atoms with Gasteiger partial charge in [0.05, 0.1) is 17.0 Å². The van der Waals surface area contributed by atoms with Crippen LogP contribution in [0.5, 0.6) is 0 Å². The summed E-state index contributed by atoms with van der Waals surface area (Å²) in [5.41, 5.74) is 0.950. The lowest BCUT2D eigenvalue weighted by atomic mass is 10.1. The number of carbonyl (C=O) groups is 2. The van der Waals surface area contributed by atoms with Crippen molar-refractivity contribution in [1.29, 1.82) is 0 Å². The van der Waals surface area contributed by atoms with Gasteiger partial charge in [0.15, 0.2) is 0 Å². The van der Waals surface area contributed by atoms with Crippen LogP contribution in [0.4, 0.5) is 5.00 Å². The van der Waals surface area contributed by atoms with Crippen molar-refractivity contribution in [3.63, 3.8) is 0 Å².